The van der Waals surface area contributed by atoms with E-state index >= 15 is 0 Å². The molecule has 3 rings (SSSR count). The van der Waals surface area contributed by atoms with Gasteiger partial charge in [0.2, 0.25) is 0 Å². The summed E-state index contributed by atoms with van der Waals surface area (Å²) in [5.41, 5.74) is 1.10. The molecule has 1 atom stereocenters. The molecule has 1 aliphatic rings. The van der Waals surface area contributed by atoms with E-state index < -0.39 is 34.4 Å². The Kier molecular flexibility index (Phi) is 5.46. The maximum atomic E-state index is 12.7. The molecule has 8 heteroatoms. The molecular weight excluding hydrogens is 370 g/mol. The van der Waals surface area contributed by atoms with E-state index in [1.807, 2.05) is 30.3 Å². The van der Waals surface area contributed by atoms with Gasteiger partial charge in [0.15, 0.2) is 16.4 Å². The summed E-state index contributed by atoms with van der Waals surface area (Å²) in [5.74, 6) is -0.914. The molecule has 7 nitrogen and oxygen atoms in total. The van der Waals surface area contributed by atoms with Crippen molar-refractivity contribution in [2.24, 2.45) is 0 Å². The first-order valence-electron chi connectivity index (χ1n) is 8.31. The fourth-order valence-electron chi connectivity index (χ4n) is 2.81. The zero-order chi connectivity index (χ0) is 19.4. The highest BCUT2D eigenvalue weighted by molar-refractivity contribution is 7.94. The second-order valence-electron chi connectivity index (χ2n) is 6.20. The first kappa shape index (κ1) is 18.9. The Morgan fingerprint density at radius 3 is 2.56 bits per heavy atom. The molecule has 2 aromatic rings. The van der Waals surface area contributed by atoms with Crippen LogP contribution in [0.4, 0.5) is 0 Å². The summed E-state index contributed by atoms with van der Waals surface area (Å²) in [6, 6.07) is 10.1. The number of amides is 1. The Hall–Kier alpha value is -2.87. The minimum atomic E-state index is -3.33. The van der Waals surface area contributed by atoms with E-state index in [2.05, 4.69) is 0 Å². The molecule has 0 fully saturated rings. The second-order valence-corrected chi connectivity index (χ2v) is 8.13. The number of sulfone groups is 1. The number of nitrogens with zero attached hydrogens (tertiary/aromatic N) is 1. The second kappa shape index (κ2) is 7.79. The molecule has 0 N–H and O–H groups in total. The molecule has 1 amide bonds. The number of rotatable bonds is 6. The molecule has 0 aliphatic carbocycles. The number of aryl methyl sites for hydroxylation is 1. The molecule has 0 spiro atoms. The van der Waals surface area contributed by atoms with Crippen LogP contribution in [-0.4, -0.2) is 43.6 Å². The van der Waals surface area contributed by atoms with Gasteiger partial charge in [0, 0.05) is 12.0 Å². The number of benzene rings is 1. The predicted molar refractivity (Wildman–Crippen MR) is 97.4 cm³/mol. The lowest BCUT2D eigenvalue weighted by molar-refractivity contribution is -0.136. The van der Waals surface area contributed by atoms with Gasteiger partial charge in [0.25, 0.3) is 5.91 Å². The van der Waals surface area contributed by atoms with Crippen LogP contribution in [0.1, 0.15) is 21.7 Å². The van der Waals surface area contributed by atoms with E-state index in [0.717, 1.165) is 11.0 Å². The van der Waals surface area contributed by atoms with Crippen molar-refractivity contribution in [1.82, 2.24) is 4.90 Å². The van der Waals surface area contributed by atoms with Crippen molar-refractivity contribution in [3.05, 3.63) is 71.0 Å². The van der Waals surface area contributed by atoms with Crippen LogP contribution in [0.2, 0.25) is 0 Å². The van der Waals surface area contributed by atoms with Crippen molar-refractivity contribution in [2.75, 3.05) is 12.4 Å². The molecule has 0 unspecified atom stereocenters. The zero-order valence-electron chi connectivity index (χ0n) is 14.7. The van der Waals surface area contributed by atoms with Crippen molar-refractivity contribution in [2.45, 2.75) is 19.5 Å². The highest BCUT2D eigenvalue weighted by Crippen LogP contribution is 2.18. The number of carbonyl (C=O) groups is 2. The Bertz CT molecular complexity index is 961. The van der Waals surface area contributed by atoms with Gasteiger partial charge in [-0.05, 0) is 24.6 Å². The molecule has 1 aromatic heterocycles. The van der Waals surface area contributed by atoms with Crippen LogP contribution in [0.25, 0.3) is 0 Å². The van der Waals surface area contributed by atoms with Crippen LogP contribution < -0.4 is 0 Å². The van der Waals surface area contributed by atoms with E-state index in [1.54, 1.807) is 6.92 Å². The lowest BCUT2D eigenvalue weighted by atomic mass is 10.2. The minimum Gasteiger partial charge on any atom is -0.469 e. The van der Waals surface area contributed by atoms with Gasteiger partial charge in [-0.25, -0.2) is 13.2 Å². The Labute approximate surface area is 157 Å². The highest BCUT2D eigenvalue weighted by atomic mass is 32.2. The Balaban J connectivity index is 1.71. The fraction of sp³-hybridized carbons (Fsp3) is 0.263. The van der Waals surface area contributed by atoms with E-state index in [9.17, 15) is 18.0 Å². The summed E-state index contributed by atoms with van der Waals surface area (Å²) in [5, 5.41) is 1.11. The number of hydrogen-bond donors (Lipinski definition) is 0. The van der Waals surface area contributed by atoms with Crippen molar-refractivity contribution in [3.63, 3.8) is 0 Å². The van der Waals surface area contributed by atoms with Crippen LogP contribution in [0.15, 0.2) is 58.6 Å². The average molecular weight is 389 g/mol. The normalized spacial score (nSPS) is 17.6. The molecule has 1 aromatic carbocycles. The van der Waals surface area contributed by atoms with Gasteiger partial charge in [0.05, 0.1) is 18.1 Å². The van der Waals surface area contributed by atoms with E-state index in [1.165, 1.54) is 23.3 Å². The van der Waals surface area contributed by atoms with Crippen LogP contribution in [-0.2, 0) is 25.9 Å². The first-order chi connectivity index (χ1) is 12.9. The molecule has 142 valence electrons. The predicted octanol–water partition coefficient (Wildman–Crippen LogP) is 2.08. The van der Waals surface area contributed by atoms with Crippen LogP contribution >= 0.6 is 0 Å². The highest BCUT2D eigenvalue weighted by Gasteiger charge is 2.31. The van der Waals surface area contributed by atoms with Crippen molar-refractivity contribution in [1.29, 1.82) is 0 Å². The lowest BCUT2D eigenvalue weighted by Crippen LogP contribution is -2.42. The third kappa shape index (κ3) is 4.65. The van der Waals surface area contributed by atoms with Gasteiger partial charge in [0.1, 0.15) is 11.3 Å². The zero-order valence-corrected chi connectivity index (χ0v) is 15.5. The molecule has 0 bridgehead atoms. The van der Waals surface area contributed by atoms with E-state index in [0.29, 0.717) is 5.76 Å². The minimum absolute atomic E-state index is 0.180. The third-order valence-electron chi connectivity index (χ3n) is 4.23. The Morgan fingerprint density at radius 2 is 1.96 bits per heavy atom. The summed E-state index contributed by atoms with van der Waals surface area (Å²) in [6.45, 7) is 1.35. The third-order valence-corrected chi connectivity index (χ3v) is 5.61. The molecule has 27 heavy (non-hydrogen) atoms. The molecule has 1 aliphatic heterocycles. The van der Waals surface area contributed by atoms with Crippen LogP contribution in [0, 0.1) is 6.92 Å². The Morgan fingerprint density at radius 1 is 1.22 bits per heavy atom. The lowest BCUT2D eigenvalue weighted by Gasteiger charge is -2.27. The summed E-state index contributed by atoms with van der Waals surface area (Å²) in [6.07, 6.45) is 2.85. The fourth-order valence-corrected chi connectivity index (χ4v) is 4.11. The van der Waals surface area contributed by atoms with Crippen molar-refractivity contribution >= 4 is 21.7 Å². The summed E-state index contributed by atoms with van der Waals surface area (Å²) < 4.78 is 33.7. The average Bonchev–Trinajstić information content (AvgIpc) is 3.23. The number of esters is 1. The van der Waals surface area contributed by atoms with Gasteiger partial charge in [-0.1, -0.05) is 30.3 Å². The standard InChI is InChI=1S/C19H19NO6S/c1-14-17(7-9-25-14)19(22)26-12-18(21)20(11-15-5-3-2-4-6-15)16-8-10-27(23,24)13-16/h2-10,16H,11-13H2,1H3/t16-/m0/s1. The van der Waals surface area contributed by atoms with Crippen molar-refractivity contribution < 1.29 is 27.2 Å². The SMILES string of the molecule is Cc1occc1C(=O)OCC(=O)N(Cc1ccccc1)[C@H]1C=CS(=O)(=O)C1. The monoisotopic (exact) mass is 389 g/mol. The number of hydrogen-bond acceptors (Lipinski definition) is 6. The topological polar surface area (TPSA) is 93.9 Å². The van der Waals surface area contributed by atoms with Gasteiger partial charge >= 0.3 is 5.97 Å². The molecular formula is C19H19NO6S. The maximum absolute atomic E-state index is 12.7. The van der Waals surface area contributed by atoms with E-state index in [4.69, 9.17) is 9.15 Å². The quantitative estimate of drug-likeness (QED) is 0.702. The molecule has 0 saturated carbocycles. The van der Waals surface area contributed by atoms with Gasteiger partial charge in [-0.15, -0.1) is 0 Å². The number of ether oxygens (including phenoxy) is 1. The van der Waals surface area contributed by atoms with Gasteiger partial charge < -0.3 is 14.1 Å². The maximum Gasteiger partial charge on any atom is 0.342 e. The number of furan rings is 1. The largest absolute Gasteiger partial charge is 0.469 e. The summed E-state index contributed by atoms with van der Waals surface area (Å²) >= 11 is 0. The van der Waals surface area contributed by atoms with E-state index in [-0.39, 0.29) is 17.9 Å². The summed E-state index contributed by atoms with van der Waals surface area (Å²) in [4.78, 5) is 26.2. The van der Waals surface area contributed by atoms with Gasteiger partial charge in [-0.3, -0.25) is 4.79 Å². The van der Waals surface area contributed by atoms with Gasteiger partial charge in [-0.2, -0.15) is 0 Å². The van der Waals surface area contributed by atoms with Crippen LogP contribution in [0.5, 0.6) is 0 Å². The molecule has 0 saturated heterocycles. The number of carbonyl (C=O) groups excluding carboxylic acids is 2. The summed E-state index contributed by atoms with van der Waals surface area (Å²) in [7, 11) is -3.33. The van der Waals surface area contributed by atoms with Crippen LogP contribution in [0.3, 0.4) is 0 Å². The van der Waals surface area contributed by atoms with Crippen molar-refractivity contribution in [3.8, 4) is 0 Å². The molecule has 2 heterocycles. The smallest absolute Gasteiger partial charge is 0.342 e. The molecule has 0 radical (unpaired) electrons. The first-order valence-corrected chi connectivity index (χ1v) is 10.0.